The summed E-state index contributed by atoms with van der Waals surface area (Å²) in [6, 6.07) is 12.1. The quantitative estimate of drug-likeness (QED) is 0.616. The lowest BCUT2D eigenvalue weighted by atomic mass is 9.90. The van der Waals surface area contributed by atoms with Gasteiger partial charge in [-0.15, -0.1) is 0 Å². The summed E-state index contributed by atoms with van der Waals surface area (Å²) in [7, 11) is 0. The summed E-state index contributed by atoms with van der Waals surface area (Å²) >= 11 is 0. The molecule has 0 amide bonds. The van der Waals surface area contributed by atoms with Gasteiger partial charge < -0.3 is 9.90 Å². The van der Waals surface area contributed by atoms with Crippen LogP contribution in [0.2, 0.25) is 0 Å². The van der Waals surface area contributed by atoms with E-state index in [4.69, 9.17) is 0 Å². The first kappa shape index (κ1) is 18.4. The number of Topliss-reactive ketones (excluding diaryl/α,β-unsaturated/α-hetero) is 1. The van der Waals surface area contributed by atoms with Crippen molar-refractivity contribution in [3.63, 3.8) is 0 Å². The lowest BCUT2D eigenvalue weighted by Gasteiger charge is -2.16. The molecule has 0 fully saturated rings. The van der Waals surface area contributed by atoms with E-state index < -0.39 is 29.4 Å². The monoisotopic (exact) mass is 347 g/mol. The van der Waals surface area contributed by atoms with Gasteiger partial charge in [-0.1, -0.05) is 49.4 Å². The van der Waals surface area contributed by atoms with E-state index in [1.54, 1.807) is 30.3 Å². The minimum Gasteiger partial charge on any atom is -0.545 e. The number of alkyl halides is 3. The molecule has 6 heteroatoms. The van der Waals surface area contributed by atoms with Gasteiger partial charge in [0, 0.05) is 11.5 Å². The zero-order valence-corrected chi connectivity index (χ0v) is 13.2. The molecule has 0 heterocycles. The van der Waals surface area contributed by atoms with Crippen molar-refractivity contribution in [1.29, 1.82) is 0 Å². The average molecular weight is 347 g/mol. The Bertz CT molecular complexity index is 791. The highest BCUT2D eigenvalue weighted by atomic mass is 19.4. The first-order valence-corrected chi connectivity index (χ1v) is 7.39. The van der Waals surface area contributed by atoms with Crippen molar-refractivity contribution in [2.24, 2.45) is 5.92 Å². The summed E-state index contributed by atoms with van der Waals surface area (Å²) in [5.41, 5.74) is -0.559. The van der Waals surface area contributed by atoms with Crippen molar-refractivity contribution >= 4 is 17.8 Å². The fourth-order valence-electron chi connectivity index (χ4n) is 2.30. The van der Waals surface area contributed by atoms with Crippen molar-refractivity contribution in [2.45, 2.75) is 13.1 Å². The maximum Gasteiger partial charge on any atom is 0.416 e. The van der Waals surface area contributed by atoms with Crippen LogP contribution in [-0.4, -0.2) is 11.8 Å². The van der Waals surface area contributed by atoms with E-state index in [1.807, 2.05) is 0 Å². The van der Waals surface area contributed by atoms with Crippen LogP contribution in [0, 0.1) is 5.92 Å². The number of hydrogen-bond acceptors (Lipinski definition) is 3. The van der Waals surface area contributed by atoms with Crippen molar-refractivity contribution in [1.82, 2.24) is 0 Å². The molecule has 3 nitrogen and oxygen atoms in total. The molecule has 2 aromatic carbocycles. The Labute approximate surface area is 142 Å². The van der Waals surface area contributed by atoms with Crippen LogP contribution in [0.1, 0.15) is 28.4 Å². The van der Waals surface area contributed by atoms with Crippen LogP contribution in [0.15, 0.2) is 60.2 Å². The number of hydrogen-bond donors (Lipinski definition) is 0. The van der Waals surface area contributed by atoms with E-state index in [0.29, 0.717) is 5.56 Å². The molecule has 2 rings (SSSR count). The molecular formula is C19H14F3O3-. The third-order valence-electron chi connectivity index (χ3n) is 3.71. The van der Waals surface area contributed by atoms with Crippen molar-refractivity contribution in [2.75, 3.05) is 0 Å². The van der Waals surface area contributed by atoms with Gasteiger partial charge in [-0.25, -0.2) is 0 Å². The van der Waals surface area contributed by atoms with Gasteiger partial charge in [-0.2, -0.15) is 13.2 Å². The zero-order valence-electron chi connectivity index (χ0n) is 13.2. The first-order chi connectivity index (χ1) is 11.7. The predicted molar refractivity (Wildman–Crippen MR) is 84.4 cm³/mol. The molecule has 0 saturated heterocycles. The van der Waals surface area contributed by atoms with Crippen molar-refractivity contribution < 1.29 is 27.9 Å². The highest BCUT2D eigenvalue weighted by Gasteiger charge is 2.30. The molecule has 1 unspecified atom stereocenters. The molecule has 1 atom stereocenters. The van der Waals surface area contributed by atoms with Gasteiger partial charge in [0.15, 0.2) is 5.78 Å². The van der Waals surface area contributed by atoms with Crippen LogP contribution in [0.3, 0.4) is 0 Å². The van der Waals surface area contributed by atoms with E-state index in [-0.39, 0.29) is 11.1 Å². The highest BCUT2D eigenvalue weighted by molar-refractivity contribution is 6.06. The number of halogens is 3. The van der Waals surface area contributed by atoms with Crippen LogP contribution >= 0.6 is 0 Å². The summed E-state index contributed by atoms with van der Waals surface area (Å²) in [6.45, 7) is 1.42. The van der Waals surface area contributed by atoms with Crippen LogP contribution < -0.4 is 5.11 Å². The summed E-state index contributed by atoms with van der Waals surface area (Å²) in [6.07, 6.45) is -3.32. The third-order valence-corrected chi connectivity index (χ3v) is 3.71. The average Bonchev–Trinajstić information content (AvgIpc) is 2.58. The topological polar surface area (TPSA) is 57.2 Å². The minimum absolute atomic E-state index is 0.236. The zero-order chi connectivity index (χ0) is 18.6. The molecule has 0 aromatic heterocycles. The molecule has 0 radical (unpaired) electrons. The van der Waals surface area contributed by atoms with Crippen molar-refractivity contribution in [3.8, 4) is 0 Å². The second kappa shape index (κ2) is 7.34. The molecule has 0 aliphatic carbocycles. The van der Waals surface area contributed by atoms with Crippen LogP contribution in [0.25, 0.3) is 6.08 Å². The van der Waals surface area contributed by atoms with Gasteiger partial charge in [-0.05, 0) is 29.3 Å². The molecule has 25 heavy (non-hydrogen) atoms. The number of benzene rings is 2. The Kier molecular flexibility index (Phi) is 5.41. The second-order valence-electron chi connectivity index (χ2n) is 5.46. The number of ketones is 1. The Hall–Kier alpha value is -2.89. The summed E-state index contributed by atoms with van der Waals surface area (Å²) < 4.78 is 37.7. The normalized spacial score (nSPS) is 13.4. The SMILES string of the molecule is CC(C(=O)c1ccccc1)/C(=C\c1ccc(C(F)(F)F)cc1)C(=O)[O-]. The minimum atomic E-state index is -4.48. The lowest BCUT2D eigenvalue weighted by Crippen LogP contribution is -2.30. The van der Waals surface area contributed by atoms with E-state index in [1.165, 1.54) is 6.92 Å². The first-order valence-electron chi connectivity index (χ1n) is 7.39. The van der Waals surface area contributed by atoms with Gasteiger partial charge in [-0.3, -0.25) is 4.79 Å². The summed E-state index contributed by atoms with van der Waals surface area (Å²) in [4.78, 5) is 23.8. The van der Waals surface area contributed by atoms with Crippen LogP contribution in [-0.2, 0) is 11.0 Å². The summed E-state index contributed by atoms with van der Waals surface area (Å²) in [5, 5.41) is 11.4. The Morgan fingerprint density at radius 1 is 1.00 bits per heavy atom. The molecule has 0 aliphatic heterocycles. The van der Waals surface area contributed by atoms with E-state index >= 15 is 0 Å². The standard InChI is InChI=1S/C19H15F3O3/c1-12(17(23)14-5-3-2-4-6-14)16(18(24)25)11-13-7-9-15(10-8-13)19(20,21)22/h2-12H,1H3,(H,24,25)/p-1/b16-11+. The smallest absolute Gasteiger partial charge is 0.416 e. The van der Waals surface area contributed by atoms with E-state index in [0.717, 1.165) is 30.3 Å². The van der Waals surface area contributed by atoms with Crippen molar-refractivity contribution in [3.05, 3.63) is 76.9 Å². The molecule has 130 valence electrons. The molecule has 0 bridgehead atoms. The van der Waals surface area contributed by atoms with Gasteiger partial charge >= 0.3 is 6.18 Å². The Balaban J connectivity index is 2.32. The van der Waals surface area contributed by atoms with E-state index in [2.05, 4.69) is 0 Å². The van der Waals surface area contributed by atoms with E-state index in [9.17, 15) is 27.9 Å². The molecule has 0 spiro atoms. The van der Waals surface area contributed by atoms with Gasteiger partial charge in [0.25, 0.3) is 0 Å². The van der Waals surface area contributed by atoms with Gasteiger partial charge in [0.05, 0.1) is 11.5 Å². The molecule has 0 N–H and O–H groups in total. The van der Waals surface area contributed by atoms with Crippen LogP contribution in [0.4, 0.5) is 13.2 Å². The number of carbonyl (C=O) groups is 2. The predicted octanol–water partition coefficient (Wildman–Crippen LogP) is 3.36. The molecule has 0 saturated carbocycles. The number of carboxylic acids is 1. The van der Waals surface area contributed by atoms with Crippen LogP contribution in [0.5, 0.6) is 0 Å². The Morgan fingerprint density at radius 3 is 2.04 bits per heavy atom. The number of aliphatic carboxylic acids is 1. The fraction of sp³-hybridized carbons (Fsp3) is 0.158. The highest BCUT2D eigenvalue weighted by Crippen LogP contribution is 2.29. The number of rotatable bonds is 5. The lowest BCUT2D eigenvalue weighted by molar-refractivity contribution is -0.299. The largest absolute Gasteiger partial charge is 0.545 e. The second-order valence-corrected chi connectivity index (χ2v) is 5.46. The maximum atomic E-state index is 12.6. The van der Waals surface area contributed by atoms with Gasteiger partial charge in [0.2, 0.25) is 0 Å². The number of carboxylic acid groups (broad SMARTS) is 1. The maximum absolute atomic E-state index is 12.6. The molecule has 0 aliphatic rings. The number of carbonyl (C=O) groups excluding carboxylic acids is 2. The molecular weight excluding hydrogens is 333 g/mol. The molecule has 2 aromatic rings. The van der Waals surface area contributed by atoms with Gasteiger partial charge in [0.1, 0.15) is 0 Å². The third kappa shape index (κ3) is 4.56. The summed E-state index contributed by atoms with van der Waals surface area (Å²) in [5.74, 6) is -2.96. The Morgan fingerprint density at radius 2 is 1.56 bits per heavy atom. The fourth-order valence-corrected chi connectivity index (χ4v) is 2.30.